The van der Waals surface area contributed by atoms with Gasteiger partial charge in [-0.1, -0.05) is 0 Å². The van der Waals surface area contributed by atoms with Crippen LogP contribution >= 0.6 is 7.92 Å². The zero-order valence-electron chi connectivity index (χ0n) is 4.49. The van der Waals surface area contributed by atoms with E-state index in [0.717, 1.165) is 0 Å². The van der Waals surface area contributed by atoms with Crippen LogP contribution in [0.15, 0.2) is 0 Å². The smallest absolute Gasteiger partial charge is 0.210 e. The van der Waals surface area contributed by atoms with E-state index in [9.17, 15) is 8.78 Å². The van der Waals surface area contributed by atoms with Crippen molar-refractivity contribution in [2.24, 2.45) is 0 Å². The van der Waals surface area contributed by atoms with Gasteiger partial charge in [0, 0.05) is 6.16 Å². The summed E-state index contributed by atoms with van der Waals surface area (Å²) < 4.78 is 22.6. The molecule has 0 spiro atoms. The van der Waals surface area contributed by atoms with Crippen molar-refractivity contribution in [2.45, 2.75) is 6.43 Å². The first-order valence-electron chi connectivity index (χ1n) is 2.06. The third kappa shape index (κ3) is 6.29. The average molecular weight is 126 g/mol. The first-order chi connectivity index (χ1) is 3.13. The Morgan fingerprint density at radius 1 is 1.43 bits per heavy atom. The Morgan fingerprint density at radius 3 is 1.86 bits per heavy atom. The number of rotatable bonds is 2. The molecule has 0 radical (unpaired) electrons. The molecule has 0 aromatic carbocycles. The molecule has 0 bridgehead atoms. The molecular formula is C4H9F2P. The van der Waals surface area contributed by atoms with E-state index in [1.54, 1.807) is 0 Å². The summed E-state index contributed by atoms with van der Waals surface area (Å²) in [4.78, 5) is 0. The van der Waals surface area contributed by atoms with E-state index in [1.165, 1.54) is 0 Å². The Kier molecular flexibility index (Phi) is 3.45. The second kappa shape index (κ2) is 3.31. The van der Waals surface area contributed by atoms with E-state index >= 15 is 0 Å². The second-order valence-corrected chi connectivity index (χ2v) is 4.18. The molecule has 0 aliphatic rings. The van der Waals surface area contributed by atoms with E-state index < -0.39 is 6.43 Å². The standard InChI is InChI=1S/C4H9F2P/c1-7(2)3-4(5)6/h4H,3H2,1-2H3. The highest BCUT2D eigenvalue weighted by Gasteiger charge is 2.02. The fourth-order valence-electron chi connectivity index (χ4n) is 0.276. The van der Waals surface area contributed by atoms with Crippen LogP contribution < -0.4 is 0 Å². The Labute approximate surface area is 43.7 Å². The first kappa shape index (κ1) is 7.29. The van der Waals surface area contributed by atoms with Crippen molar-refractivity contribution in [3.05, 3.63) is 0 Å². The lowest BCUT2D eigenvalue weighted by Crippen LogP contribution is -1.94. The molecule has 0 aliphatic heterocycles. The van der Waals surface area contributed by atoms with Crippen molar-refractivity contribution in [3.8, 4) is 0 Å². The third-order valence-corrected chi connectivity index (χ3v) is 1.51. The molecule has 0 fully saturated rings. The van der Waals surface area contributed by atoms with Gasteiger partial charge in [0.1, 0.15) is 0 Å². The normalized spacial score (nSPS) is 11.1. The monoisotopic (exact) mass is 126 g/mol. The van der Waals surface area contributed by atoms with Crippen molar-refractivity contribution in [1.82, 2.24) is 0 Å². The summed E-state index contributed by atoms with van der Waals surface area (Å²) in [7, 11) is -0.390. The molecule has 0 saturated heterocycles. The zero-order valence-corrected chi connectivity index (χ0v) is 5.38. The van der Waals surface area contributed by atoms with Gasteiger partial charge in [-0.15, -0.1) is 7.92 Å². The summed E-state index contributed by atoms with van der Waals surface area (Å²) in [6.07, 6.45) is -2.00. The maximum atomic E-state index is 11.3. The van der Waals surface area contributed by atoms with Gasteiger partial charge in [0.2, 0.25) is 6.43 Å². The lowest BCUT2D eigenvalue weighted by Gasteiger charge is -2.00. The summed E-state index contributed by atoms with van der Waals surface area (Å²) in [6.45, 7) is 3.70. The van der Waals surface area contributed by atoms with Crippen LogP contribution in [0.2, 0.25) is 0 Å². The van der Waals surface area contributed by atoms with Crippen LogP contribution in [0.25, 0.3) is 0 Å². The average Bonchev–Trinajstić information content (AvgIpc) is 1.27. The van der Waals surface area contributed by atoms with Crippen LogP contribution in [0.1, 0.15) is 0 Å². The van der Waals surface area contributed by atoms with Crippen LogP contribution in [0.3, 0.4) is 0 Å². The summed E-state index contributed by atoms with van der Waals surface area (Å²) in [6, 6.07) is 0. The van der Waals surface area contributed by atoms with Crippen LogP contribution in [0.5, 0.6) is 0 Å². The first-order valence-corrected chi connectivity index (χ1v) is 4.48. The topological polar surface area (TPSA) is 0 Å². The lowest BCUT2D eigenvalue weighted by molar-refractivity contribution is 0.175. The van der Waals surface area contributed by atoms with Crippen LogP contribution in [0.4, 0.5) is 8.78 Å². The van der Waals surface area contributed by atoms with Gasteiger partial charge in [-0.05, 0) is 13.3 Å². The Balaban J connectivity index is 2.95. The molecule has 0 atom stereocenters. The van der Waals surface area contributed by atoms with E-state index in [0.29, 0.717) is 0 Å². The van der Waals surface area contributed by atoms with Gasteiger partial charge in [0.15, 0.2) is 0 Å². The van der Waals surface area contributed by atoms with Crippen LogP contribution in [-0.4, -0.2) is 25.9 Å². The minimum absolute atomic E-state index is 0.0926. The number of hydrogen-bond acceptors (Lipinski definition) is 0. The van der Waals surface area contributed by atoms with Crippen molar-refractivity contribution in [1.29, 1.82) is 0 Å². The number of halogens is 2. The largest absolute Gasteiger partial charge is 0.242 e. The van der Waals surface area contributed by atoms with Gasteiger partial charge in [-0.25, -0.2) is 8.78 Å². The highest BCUT2D eigenvalue weighted by Crippen LogP contribution is 2.26. The van der Waals surface area contributed by atoms with Gasteiger partial charge in [-0.3, -0.25) is 0 Å². The highest BCUT2D eigenvalue weighted by atomic mass is 31.1. The molecule has 0 nitrogen and oxygen atoms in total. The van der Waals surface area contributed by atoms with Crippen molar-refractivity contribution in [2.75, 3.05) is 19.5 Å². The highest BCUT2D eigenvalue weighted by molar-refractivity contribution is 7.56. The van der Waals surface area contributed by atoms with E-state index in [1.807, 2.05) is 13.3 Å². The van der Waals surface area contributed by atoms with Crippen molar-refractivity contribution < 1.29 is 8.78 Å². The molecule has 44 valence electrons. The molecule has 0 unspecified atom stereocenters. The van der Waals surface area contributed by atoms with Gasteiger partial charge >= 0.3 is 0 Å². The number of alkyl halides is 2. The Morgan fingerprint density at radius 2 is 1.86 bits per heavy atom. The predicted molar refractivity (Wildman–Crippen MR) is 29.6 cm³/mol. The molecule has 3 heteroatoms. The Bertz CT molecular complexity index is 39.0. The lowest BCUT2D eigenvalue weighted by atomic mass is 10.9. The molecule has 0 N–H and O–H groups in total. The van der Waals surface area contributed by atoms with Crippen molar-refractivity contribution in [3.63, 3.8) is 0 Å². The van der Waals surface area contributed by atoms with Gasteiger partial charge < -0.3 is 0 Å². The van der Waals surface area contributed by atoms with E-state index in [4.69, 9.17) is 0 Å². The molecule has 0 aromatic heterocycles. The SMILES string of the molecule is CP(C)CC(F)F. The minimum Gasteiger partial charge on any atom is -0.210 e. The van der Waals surface area contributed by atoms with Gasteiger partial charge in [0.05, 0.1) is 0 Å². The van der Waals surface area contributed by atoms with Crippen LogP contribution in [-0.2, 0) is 0 Å². The maximum Gasteiger partial charge on any atom is 0.242 e. The molecule has 0 aliphatic carbocycles. The fourth-order valence-corrected chi connectivity index (χ4v) is 0.828. The van der Waals surface area contributed by atoms with E-state index in [2.05, 4.69) is 0 Å². The molecule has 7 heavy (non-hydrogen) atoms. The molecular weight excluding hydrogens is 117 g/mol. The minimum atomic E-state index is -2.10. The molecule has 0 amide bonds. The second-order valence-electron chi connectivity index (χ2n) is 1.65. The molecule has 0 heterocycles. The zero-order chi connectivity index (χ0) is 5.86. The summed E-state index contributed by atoms with van der Waals surface area (Å²) in [5, 5.41) is 0. The Hall–Kier alpha value is 0.290. The summed E-state index contributed by atoms with van der Waals surface area (Å²) >= 11 is 0. The molecule has 0 aromatic rings. The van der Waals surface area contributed by atoms with Crippen molar-refractivity contribution >= 4 is 7.92 Å². The predicted octanol–water partition coefficient (Wildman–Crippen LogP) is 1.99. The molecule has 0 saturated carbocycles. The maximum absolute atomic E-state index is 11.3. The quantitative estimate of drug-likeness (QED) is 0.496. The summed E-state index contributed by atoms with van der Waals surface area (Å²) in [5.41, 5.74) is 0. The summed E-state index contributed by atoms with van der Waals surface area (Å²) in [5.74, 6) is 0. The fraction of sp³-hybridized carbons (Fsp3) is 1.00. The van der Waals surface area contributed by atoms with Gasteiger partial charge in [0.25, 0.3) is 0 Å². The van der Waals surface area contributed by atoms with E-state index in [-0.39, 0.29) is 14.1 Å². The van der Waals surface area contributed by atoms with Gasteiger partial charge in [-0.2, -0.15) is 0 Å². The number of hydrogen-bond donors (Lipinski definition) is 0. The molecule has 0 rings (SSSR count). The van der Waals surface area contributed by atoms with Crippen LogP contribution in [0, 0.1) is 0 Å². The third-order valence-electron chi connectivity index (χ3n) is 0.503.